The maximum atomic E-state index is 3.76. The van der Waals surface area contributed by atoms with Crippen LogP contribution in [0.3, 0.4) is 0 Å². The van der Waals surface area contributed by atoms with E-state index in [9.17, 15) is 0 Å². The molecule has 0 aliphatic heterocycles. The fourth-order valence-corrected chi connectivity index (χ4v) is 2.72. The number of thiophene rings is 1. The van der Waals surface area contributed by atoms with Gasteiger partial charge in [0.05, 0.1) is 6.20 Å². The SMILES string of the molecule is Brc1cscc1CNc1cnns1. The van der Waals surface area contributed by atoms with Gasteiger partial charge in [0, 0.05) is 27.9 Å². The number of anilines is 1. The van der Waals surface area contributed by atoms with Gasteiger partial charge in [0.25, 0.3) is 0 Å². The summed E-state index contributed by atoms with van der Waals surface area (Å²) in [6, 6.07) is 0. The van der Waals surface area contributed by atoms with E-state index in [1.807, 2.05) is 0 Å². The molecule has 68 valence electrons. The molecule has 0 saturated carbocycles. The molecule has 2 aromatic heterocycles. The van der Waals surface area contributed by atoms with Crippen molar-refractivity contribution in [3.63, 3.8) is 0 Å². The summed E-state index contributed by atoms with van der Waals surface area (Å²) in [6.45, 7) is 0.813. The lowest BCUT2D eigenvalue weighted by molar-refractivity contribution is 1.14. The lowest BCUT2D eigenvalue weighted by Crippen LogP contribution is -1.96. The number of rotatable bonds is 3. The van der Waals surface area contributed by atoms with Crippen molar-refractivity contribution >= 4 is 43.8 Å². The molecule has 0 fully saturated rings. The van der Waals surface area contributed by atoms with Gasteiger partial charge in [-0.2, -0.15) is 11.3 Å². The van der Waals surface area contributed by atoms with Crippen LogP contribution in [0, 0.1) is 0 Å². The summed E-state index contributed by atoms with van der Waals surface area (Å²) in [6.07, 6.45) is 1.73. The Bertz CT molecular complexity index is 371. The first-order valence-corrected chi connectivity index (χ1v) is 6.09. The van der Waals surface area contributed by atoms with Crippen LogP contribution < -0.4 is 5.32 Å². The van der Waals surface area contributed by atoms with E-state index in [2.05, 4.69) is 41.6 Å². The molecule has 2 aromatic rings. The molecule has 0 unspecified atom stereocenters. The third kappa shape index (κ3) is 2.26. The minimum atomic E-state index is 0.813. The summed E-state index contributed by atoms with van der Waals surface area (Å²) in [7, 11) is 0. The Morgan fingerprint density at radius 1 is 1.46 bits per heavy atom. The van der Waals surface area contributed by atoms with E-state index in [-0.39, 0.29) is 0 Å². The fourth-order valence-electron chi connectivity index (χ4n) is 0.861. The molecule has 0 amide bonds. The summed E-state index contributed by atoms with van der Waals surface area (Å²) >= 11 is 6.53. The Balaban J connectivity index is 1.97. The highest BCUT2D eigenvalue weighted by Crippen LogP contribution is 2.22. The van der Waals surface area contributed by atoms with E-state index in [1.165, 1.54) is 17.1 Å². The Morgan fingerprint density at radius 2 is 2.38 bits per heavy atom. The van der Waals surface area contributed by atoms with E-state index in [4.69, 9.17) is 0 Å². The van der Waals surface area contributed by atoms with Gasteiger partial charge in [-0.25, -0.2) is 0 Å². The summed E-state index contributed by atoms with van der Waals surface area (Å²) in [4.78, 5) is 0. The molecular formula is C7H6BrN3S2. The van der Waals surface area contributed by atoms with Crippen LogP contribution in [0.5, 0.6) is 0 Å². The second-order valence-corrected chi connectivity index (χ2v) is 4.76. The van der Waals surface area contributed by atoms with Crippen LogP contribution in [0.1, 0.15) is 5.56 Å². The Morgan fingerprint density at radius 3 is 3.00 bits per heavy atom. The van der Waals surface area contributed by atoms with Crippen molar-refractivity contribution < 1.29 is 0 Å². The first-order valence-electron chi connectivity index (χ1n) is 3.58. The van der Waals surface area contributed by atoms with Crippen LogP contribution in [0.2, 0.25) is 0 Å². The van der Waals surface area contributed by atoms with Crippen molar-refractivity contribution in [2.75, 3.05) is 5.32 Å². The van der Waals surface area contributed by atoms with Gasteiger partial charge in [0.1, 0.15) is 5.00 Å². The molecule has 0 spiro atoms. The number of aromatic nitrogens is 2. The summed E-state index contributed by atoms with van der Waals surface area (Å²) < 4.78 is 4.92. The Hall–Kier alpha value is -0.460. The van der Waals surface area contributed by atoms with Gasteiger partial charge in [-0.05, 0) is 26.9 Å². The molecule has 0 aliphatic rings. The molecule has 0 bridgehead atoms. The summed E-state index contributed by atoms with van der Waals surface area (Å²) in [5.74, 6) is 0. The van der Waals surface area contributed by atoms with E-state index in [1.54, 1.807) is 17.5 Å². The fraction of sp³-hybridized carbons (Fsp3) is 0.143. The molecule has 0 aromatic carbocycles. The molecule has 0 radical (unpaired) electrons. The molecule has 2 heterocycles. The molecular weight excluding hydrogens is 270 g/mol. The normalized spacial score (nSPS) is 10.2. The Labute approximate surface area is 92.1 Å². The quantitative estimate of drug-likeness (QED) is 0.936. The van der Waals surface area contributed by atoms with Crippen molar-refractivity contribution in [3.8, 4) is 0 Å². The summed E-state index contributed by atoms with van der Waals surface area (Å²) in [5, 5.41) is 12.2. The van der Waals surface area contributed by atoms with Crippen LogP contribution >= 0.6 is 38.8 Å². The van der Waals surface area contributed by atoms with E-state index < -0.39 is 0 Å². The van der Waals surface area contributed by atoms with Gasteiger partial charge < -0.3 is 5.32 Å². The first-order chi connectivity index (χ1) is 6.36. The van der Waals surface area contributed by atoms with Crippen molar-refractivity contribution in [2.45, 2.75) is 6.54 Å². The first kappa shape index (κ1) is 9.11. The molecule has 0 aliphatic carbocycles. The van der Waals surface area contributed by atoms with Crippen LogP contribution in [0.25, 0.3) is 0 Å². The Kier molecular flexibility index (Phi) is 2.92. The lowest BCUT2D eigenvalue weighted by Gasteiger charge is -1.99. The largest absolute Gasteiger partial charge is 0.370 e. The molecule has 13 heavy (non-hydrogen) atoms. The van der Waals surface area contributed by atoms with E-state index in [0.29, 0.717) is 0 Å². The molecule has 3 nitrogen and oxygen atoms in total. The third-order valence-electron chi connectivity index (χ3n) is 1.50. The van der Waals surface area contributed by atoms with Crippen molar-refractivity contribution in [1.29, 1.82) is 0 Å². The van der Waals surface area contributed by atoms with Crippen LogP contribution in [0.15, 0.2) is 21.4 Å². The highest BCUT2D eigenvalue weighted by atomic mass is 79.9. The molecule has 0 saturated heterocycles. The zero-order valence-electron chi connectivity index (χ0n) is 6.53. The van der Waals surface area contributed by atoms with Gasteiger partial charge in [-0.3, -0.25) is 0 Å². The van der Waals surface area contributed by atoms with E-state index >= 15 is 0 Å². The standard InChI is InChI=1S/C7H6BrN3S2/c8-6-4-12-3-5(6)1-9-7-2-10-11-13-7/h2-4,9H,1H2. The smallest absolute Gasteiger partial charge is 0.130 e. The highest BCUT2D eigenvalue weighted by Gasteiger charge is 2.00. The topological polar surface area (TPSA) is 37.8 Å². The molecule has 6 heteroatoms. The minimum absolute atomic E-state index is 0.813. The second-order valence-electron chi connectivity index (χ2n) is 2.38. The number of nitrogens with zero attached hydrogens (tertiary/aromatic N) is 2. The molecule has 2 rings (SSSR count). The van der Waals surface area contributed by atoms with Crippen LogP contribution in [-0.2, 0) is 6.54 Å². The molecule has 0 atom stereocenters. The van der Waals surface area contributed by atoms with Gasteiger partial charge >= 0.3 is 0 Å². The summed E-state index contributed by atoms with van der Waals surface area (Å²) in [5.41, 5.74) is 1.26. The van der Waals surface area contributed by atoms with E-state index in [0.717, 1.165) is 16.0 Å². The number of hydrogen-bond donors (Lipinski definition) is 1. The minimum Gasteiger partial charge on any atom is -0.370 e. The van der Waals surface area contributed by atoms with Crippen LogP contribution in [0.4, 0.5) is 5.00 Å². The second kappa shape index (κ2) is 4.17. The zero-order chi connectivity index (χ0) is 9.10. The maximum Gasteiger partial charge on any atom is 0.130 e. The molecule has 1 N–H and O–H groups in total. The number of hydrogen-bond acceptors (Lipinski definition) is 5. The average Bonchev–Trinajstić information content (AvgIpc) is 2.72. The van der Waals surface area contributed by atoms with Gasteiger partial charge in [-0.1, -0.05) is 4.49 Å². The van der Waals surface area contributed by atoms with Crippen molar-refractivity contribution in [2.24, 2.45) is 0 Å². The highest BCUT2D eigenvalue weighted by molar-refractivity contribution is 9.10. The van der Waals surface area contributed by atoms with Crippen molar-refractivity contribution in [3.05, 3.63) is 27.0 Å². The lowest BCUT2D eigenvalue weighted by atomic mass is 10.3. The zero-order valence-corrected chi connectivity index (χ0v) is 9.75. The monoisotopic (exact) mass is 275 g/mol. The van der Waals surface area contributed by atoms with Gasteiger partial charge in [0.2, 0.25) is 0 Å². The van der Waals surface area contributed by atoms with Gasteiger partial charge in [0.15, 0.2) is 0 Å². The average molecular weight is 276 g/mol. The third-order valence-corrected chi connectivity index (χ3v) is 3.96. The van der Waals surface area contributed by atoms with Gasteiger partial charge in [-0.15, -0.1) is 5.10 Å². The predicted octanol–water partition coefficient (Wildman–Crippen LogP) is 2.97. The number of nitrogens with one attached hydrogen (secondary N) is 1. The van der Waals surface area contributed by atoms with Crippen LogP contribution in [-0.4, -0.2) is 9.59 Å². The van der Waals surface area contributed by atoms with Crippen molar-refractivity contribution in [1.82, 2.24) is 9.59 Å². The maximum absolute atomic E-state index is 3.76. The predicted molar refractivity (Wildman–Crippen MR) is 59.3 cm³/mol. The number of halogens is 1.